The van der Waals surface area contributed by atoms with E-state index in [1.54, 1.807) is 52.9 Å². The number of carboxylic acids is 2. The van der Waals surface area contributed by atoms with E-state index < -0.39 is 17.7 Å². The van der Waals surface area contributed by atoms with E-state index >= 15 is 0 Å². The monoisotopic (exact) mass is 424 g/mol. The number of hydrogen-bond donors (Lipinski definition) is 2. The molecule has 0 unspecified atom stereocenters. The van der Waals surface area contributed by atoms with Crippen LogP contribution in [0.2, 0.25) is 0 Å². The molecule has 0 aliphatic rings. The molecule has 23 heavy (non-hydrogen) atoms. The number of halogens is 1. The van der Waals surface area contributed by atoms with Gasteiger partial charge >= 0.3 is 11.9 Å². The van der Waals surface area contributed by atoms with Crippen LogP contribution in [0.25, 0.3) is 0 Å². The Morgan fingerprint density at radius 3 is 1.83 bits per heavy atom. The quantitative estimate of drug-likeness (QED) is 0.579. The highest BCUT2D eigenvalue weighted by atomic mass is 127. The molecule has 5 nitrogen and oxygen atoms in total. The predicted molar refractivity (Wildman–Crippen MR) is 92.4 cm³/mol. The van der Waals surface area contributed by atoms with Crippen molar-refractivity contribution in [1.82, 2.24) is 0 Å². The highest BCUT2D eigenvalue weighted by molar-refractivity contribution is 14.1. The second-order valence-corrected chi connectivity index (χ2v) is 6.07. The van der Waals surface area contributed by atoms with E-state index in [1.165, 1.54) is 13.8 Å². The zero-order valence-corrected chi connectivity index (χ0v) is 14.5. The maximum absolute atomic E-state index is 12.8. The molecule has 6 heteroatoms. The van der Waals surface area contributed by atoms with Crippen LogP contribution in [0.1, 0.15) is 47.8 Å². The SMILES string of the molecule is Cc1c(I)c(C(=O)O)c(C)c(C(=O)c2ccccc2)c1C(=O)O. The molecular weight excluding hydrogens is 411 g/mol. The summed E-state index contributed by atoms with van der Waals surface area (Å²) in [5, 5.41) is 18.9. The van der Waals surface area contributed by atoms with Gasteiger partial charge in [-0.25, -0.2) is 9.59 Å². The third-order valence-electron chi connectivity index (χ3n) is 3.61. The molecule has 0 spiro atoms. The molecule has 2 N–H and O–H groups in total. The minimum atomic E-state index is -1.25. The van der Waals surface area contributed by atoms with Crippen LogP contribution in [0.5, 0.6) is 0 Å². The molecule has 0 atom stereocenters. The number of benzene rings is 2. The van der Waals surface area contributed by atoms with Crippen molar-refractivity contribution in [2.75, 3.05) is 0 Å². The Labute approximate surface area is 146 Å². The molecule has 0 heterocycles. The van der Waals surface area contributed by atoms with Crippen molar-refractivity contribution in [3.63, 3.8) is 0 Å². The van der Waals surface area contributed by atoms with Gasteiger partial charge in [-0.05, 0) is 47.6 Å². The number of carboxylic acid groups (broad SMARTS) is 2. The summed E-state index contributed by atoms with van der Waals surface area (Å²) < 4.78 is 0.328. The first-order valence-corrected chi connectivity index (χ1v) is 7.74. The minimum Gasteiger partial charge on any atom is -0.478 e. The maximum Gasteiger partial charge on any atom is 0.337 e. The lowest BCUT2D eigenvalue weighted by atomic mass is 9.88. The minimum absolute atomic E-state index is 0.0348. The number of hydrogen-bond acceptors (Lipinski definition) is 3. The van der Waals surface area contributed by atoms with Crippen LogP contribution in [-0.2, 0) is 0 Å². The first-order valence-electron chi connectivity index (χ1n) is 6.66. The van der Waals surface area contributed by atoms with Gasteiger partial charge < -0.3 is 10.2 Å². The second kappa shape index (κ2) is 6.49. The Balaban J connectivity index is 2.88. The molecule has 118 valence electrons. The van der Waals surface area contributed by atoms with E-state index in [9.17, 15) is 24.6 Å². The number of carbonyl (C=O) groups is 3. The molecule has 0 amide bonds. The summed E-state index contributed by atoms with van der Waals surface area (Å²) in [4.78, 5) is 36.0. The molecular formula is C17H13IO5. The van der Waals surface area contributed by atoms with Crippen molar-refractivity contribution >= 4 is 40.3 Å². The molecule has 0 radical (unpaired) electrons. The summed E-state index contributed by atoms with van der Waals surface area (Å²) in [6, 6.07) is 8.22. The van der Waals surface area contributed by atoms with Crippen LogP contribution in [0, 0.1) is 17.4 Å². The van der Waals surface area contributed by atoms with Gasteiger partial charge in [-0.1, -0.05) is 30.3 Å². The number of ketones is 1. The number of rotatable bonds is 4. The standard InChI is InChI=1S/C17H13IO5/c1-8-11(15(19)10-6-4-3-5-7-10)12(16(20)21)9(2)14(18)13(8)17(22)23/h3-7H,1-2H3,(H,20,21)(H,22,23). The predicted octanol–water partition coefficient (Wildman–Crippen LogP) is 3.54. The molecule has 0 aliphatic carbocycles. The van der Waals surface area contributed by atoms with E-state index in [0.29, 0.717) is 9.13 Å². The Morgan fingerprint density at radius 1 is 0.826 bits per heavy atom. The van der Waals surface area contributed by atoms with Crippen LogP contribution in [0.3, 0.4) is 0 Å². The molecule has 0 aliphatic heterocycles. The van der Waals surface area contributed by atoms with Crippen LogP contribution in [-0.4, -0.2) is 27.9 Å². The largest absolute Gasteiger partial charge is 0.478 e. The molecule has 0 saturated heterocycles. The Morgan fingerprint density at radius 2 is 1.35 bits per heavy atom. The zero-order valence-electron chi connectivity index (χ0n) is 12.4. The zero-order chi connectivity index (χ0) is 17.3. The van der Waals surface area contributed by atoms with Crippen LogP contribution < -0.4 is 0 Å². The highest BCUT2D eigenvalue weighted by Crippen LogP contribution is 2.30. The molecule has 0 bridgehead atoms. The van der Waals surface area contributed by atoms with Crippen LogP contribution >= 0.6 is 22.6 Å². The summed E-state index contributed by atoms with van der Waals surface area (Å²) in [5.41, 5.74) is 0.506. The first-order chi connectivity index (χ1) is 10.8. The summed E-state index contributed by atoms with van der Waals surface area (Å²) in [6.07, 6.45) is 0. The topological polar surface area (TPSA) is 91.7 Å². The average Bonchev–Trinajstić information content (AvgIpc) is 2.50. The average molecular weight is 424 g/mol. The maximum atomic E-state index is 12.8. The van der Waals surface area contributed by atoms with Gasteiger partial charge in [-0.15, -0.1) is 0 Å². The Hall–Kier alpha value is -2.22. The van der Waals surface area contributed by atoms with Crippen LogP contribution in [0.15, 0.2) is 30.3 Å². The highest BCUT2D eigenvalue weighted by Gasteiger charge is 2.29. The van der Waals surface area contributed by atoms with E-state index in [0.717, 1.165) is 0 Å². The van der Waals surface area contributed by atoms with Gasteiger partial charge in [0.1, 0.15) is 0 Å². The smallest absolute Gasteiger partial charge is 0.337 e. The van der Waals surface area contributed by atoms with Gasteiger partial charge in [0.2, 0.25) is 0 Å². The van der Waals surface area contributed by atoms with Crippen molar-refractivity contribution in [2.45, 2.75) is 13.8 Å². The van der Waals surface area contributed by atoms with Gasteiger partial charge in [0, 0.05) is 14.7 Å². The third-order valence-corrected chi connectivity index (χ3v) is 4.96. The summed E-state index contributed by atoms with van der Waals surface area (Å²) in [5.74, 6) is -2.93. The van der Waals surface area contributed by atoms with Crippen LogP contribution in [0.4, 0.5) is 0 Å². The number of aromatic carboxylic acids is 2. The van der Waals surface area contributed by atoms with Crippen molar-refractivity contribution in [3.05, 3.63) is 67.3 Å². The van der Waals surface area contributed by atoms with Crippen molar-refractivity contribution in [3.8, 4) is 0 Å². The fraction of sp³-hybridized carbons (Fsp3) is 0.118. The fourth-order valence-corrected chi connectivity index (χ4v) is 3.41. The molecule has 0 aromatic heterocycles. The third kappa shape index (κ3) is 2.98. The van der Waals surface area contributed by atoms with Crippen molar-refractivity contribution in [1.29, 1.82) is 0 Å². The van der Waals surface area contributed by atoms with E-state index in [2.05, 4.69) is 0 Å². The molecule has 2 aromatic rings. The molecule has 0 fully saturated rings. The second-order valence-electron chi connectivity index (χ2n) is 4.99. The Bertz CT molecular complexity index is 825. The van der Waals surface area contributed by atoms with Crippen molar-refractivity contribution < 1.29 is 24.6 Å². The summed E-state index contributed by atoms with van der Waals surface area (Å²) in [7, 11) is 0. The fourth-order valence-electron chi connectivity index (χ4n) is 2.50. The molecule has 2 rings (SSSR count). The summed E-state index contributed by atoms with van der Waals surface area (Å²) in [6.45, 7) is 2.98. The first kappa shape index (κ1) is 17.1. The van der Waals surface area contributed by atoms with Crippen molar-refractivity contribution in [2.24, 2.45) is 0 Å². The Kier molecular flexibility index (Phi) is 4.84. The lowest BCUT2D eigenvalue weighted by Gasteiger charge is -2.17. The van der Waals surface area contributed by atoms with Gasteiger partial charge in [-0.2, -0.15) is 0 Å². The lowest BCUT2D eigenvalue weighted by Crippen LogP contribution is -2.19. The van der Waals surface area contributed by atoms with Gasteiger partial charge in [0.25, 0.3) is 0 Å². The van der Waals surface area contributed by atoms with Gasteiger partial charge in [-0.3, -0.25) is 4.79 Å². The lowest BCUT2D eigenvalue weighted by molar-refractivity contribution is 0.0676. The normalized spacial score (nSPS) is 10.4. The van der Waals surface area contributed by atoms with E-state index in [4.69, 9.17) is 0 Å². The van der Waals surface area contributed by atoms with Gasteiger partial charge in [0.15, 0.2) is 5.78 Å². The van der Waals surface area contributed by atoms with Gasteiger partial charge in [0.05, 0.1) is 11.1 Å². The number of carbonyl (C=O) groups excluding carboxylic acids is 1. The summed E-state index contributed by atoms with van der Waals surface area (Å²) >= 11 is 1.80. The van der Waals surface area contributed by atoms with E-state index in [1.807, 2.05) is 0 Å². The van der Waals surface area contributed by atoms with E-state index in [-0.39, 0.29) is 27.8 Å². The molecule has 2 aromatic carbocycles. The molecule has 0 saturated carbocycles.